The Morgan fingerprint density at radius 3 is 2.75 bits per heavy atom. The van der Waals surface area contributed by atoms with E-state index < -0.39 is 23.6 Å². The van der Waals surface area contributed by atoms with Gasteiger partial charge in [0, 0.05) is 31.4 Å². The standard InChI is InChI=1S/C18H17FN2O3/c19-14-5-1-4-13(8-14)15-10-21(11-16(15)18(23)24)17(22)7-12-3-2-6-20-9-12/h1-6,8-9,15-16H,7,10-11H2,(H,23,24)/t15-,16+/m0/s1. The van der Waals surface area contributed by atoms with Crippen LogP contribution in [-0.4, -0.2) is 40.0 Å². The van der Waals surface area contributed by atoms with Crippen molar-refractivity contribution in [2.24, 2.45) is 5.92 Å². The van der Waals surface area contributed by atoms with Crippen molar-refractivity contribution in [3.05, 3.63) is 65.7 Å². The third-order valence-electron chi connectivity index (χ3n) is 4.34. The number of benzene rings is 1. The van der Waals surface area contributed by atoms with Crippen LogP contribution < -0.4 is 0 Å². The van der Waals surface area contributed by atoms with Gasteiger partial charge < -0.3 is 10.0 Å². The minimum Gasteiger partial charge on any atom is -0.481 e. The molecule has 0 spiro atoms. The summed E-state index contributed by atoms with van der Waals surface area (Å²) in [5, 5.41) is 9.46. The van der Waals surface area contributed by atoms with Crippen molar-refractivity contribution in [3.8, 4) is 0 Å². The average Bonchev–Trinajstić information content (AvgIpc) is 3.01. The van der Waals surface area contributed by atoms with Crippen LogP contribution in [0.4, 0.5) is 4.39 Å². The van der Waals surface area contributed by atoms with E-state index in [0.717, 1.165) is 5.56 Å². The fourth-order valence-electron chi connectivity index (χ4n) is 3.12. The molecule has 6 heteroatoms. The van der Waals surface area contributed by atoms with Gasteiger partial charge in [0.15, 0.2) is 0 Å². The first kappa shape index (κ1) is 16.1. The van der Waals surface area contributed by atoms with E-state index >= 15 is 0 Å². The Morgan fingerprint density at radius 1 is 1.25 bits per heavy atom. The van der Waals surface area contributed by atoms with E-state index in [1.807, 2.05) is 0 Å². The number of rotatable bonds is 4. The van der Waals surface area contributed by atoms with Crippen LogP contribution in [0, 0.1) is 11.7 Å². The predicted octanol–water partition coefficient (Wildman–Crippen LogP) is 2.09. The van der Waals surface area contributed by atoms with Crippen molar-refractivity contribution in [2.45, 2.75) is 12.3 Å². The van der Waals surface area contributed by atoms with Crippen LogP contribution >= 0.6 is 0 Å². The van der Waals surface area contributed by atoms with Gasteiger partial charge in [-0.05, 0) is 29.3 Å². The van der Waals surface area contributed by atoms with Crippen molar-refractivity contribution in [2.75, 3.05) is 13.1 Å². The maximum atomic E-state index is 13.5. The van der Waals surface area contributed by atoms with Crippen LogP contribution in [0.15, 0.2) is 48.8 Å². The molecule has 1 aromatic carbocycles. The Bertz CT molecular complexity index is 751. The van der Waals surface area contributed by atoms with E-state index in [4.69, 9.17) is 0 Å². The van der Waals surface area contributed by atoms with E-state index in [9.17, 15) is 19.1 Å². The van der Waals surface area contributed by atoms with Gasteiger partial charge in [-0.1, -0.05) is 18.2 Å². The number of likely N-dealkylation sites (tertiary alicyclic amines) is 1. The molecule has 2 atom stereocenters. The molecule has 0 unspecified atom stereocenters. The molecule has 2 aromatic rings. The minimum atomic E-state index is -0.971. The van der Waals surface area contributed by atoms with Gasteiger partial charge in [-0.25, -0.2) is 4.39 Å². The van der Waals surface area contributed by atoms with Gasteiger partial charge in [0.1, 0.15) is 5.82 Å². The normalized spacial score (nSPS) is 20.1. The number of halogens is 1. The van der Waals surface area contributed by atoms with Gasteiger partial charge in [-0.3, -0.25) is 14.6 Å². The highest BCUT2D eigenvalue weighted by Gasteiger charge is 2.40. The fourth-order valence-corrected chi connectivity index (χ4v) is 3.12. The molecule has 124 valence electrons. The first-order valence-corrected chi connectivity index (χ1v) is 7.69. The molecule has 0 radical (unpaired) electrons. The Balaban J connectivity index is 1.77. The second-order valence-electron chi connectivity index (χ2n) is 5.94. The largest absolute Gasteiger partial charge is 0.481 e. The number of carboxylic acid groups (broad SMARTS) is 1. The maximum absolute atomic E-state index is 13.5. The Morgan fingerprint density at radius 2 is 2.08 bits per heavy atom. The number of carboxylic acids is 1. The summed E-state index contributed by atoms with van der Waals surface area (Å²) in [6.45, 7) is 0.412. The molecule has 5 nitrogen and oxygen atoms in total. The summed E-state index contributed by atoms with van der Waals surface area (Å²) in [7, 11) is 0. The molecule has 1 saturated heterocycles. The van der Waals surface area contributed by atoms with Crippen LogP contribution in [0.5, 0.6) is 0 Å². The Hall–Kier alpha value is -2.76. The molecule has 1 N–H and O–H groups in total. The SMILES string of the molecule is O=C(O)[C@@H]1CN(C(=O)Cc2cccnc2)C[C@H]1c1cccc(F)c1. The van der Waals surface area contributed by atoms with Gasteiger partial charge in [0.2, 0.25) is 5.91 Å². The number of carbonyl (C=O) groups is 2. The maximum Gasteiger partial charge on any atom is 0.308 e. The number of aliphatic carboxylic acids is 1. The van der Waals surface area contributed by atoms with Crippen LogP contribution in [0.25, 0.3) is 0 Å². The number of amides is 1. The molecule has 1 aliphatic rings. The van der Waals surface area contributed by atoms with Crippen LogP contribution in [-0.2, 0) is 16.0 Å². The number of pyridine rings is 1. The molecule has 1 amide bonds. The zero-order valence-electron chi connectivity index (χ0n) is 12.9. The Kier molecular flexibility index (Phi) is 4.55. The third-order valence-corrected chi connectivity index (χ3v) is 4.34. The molecule has 0 aliphatic carbocycles. The number of aromatic nitrogens is 1. The van der Waals surface area contributed by atoms with Crippen molar-refractivity contribution in [1.29, 1.82) is 0 Å². The topological polar surface area (TPSA) is 70.5 Å². The second kappa shape index (κ2) is 6.78. The summed E-state index contributed by atoms with van der Waals surface area (Å²) in [4.78, 5) is 29.5. The zero-order chi connectivity index (χ0) is 17.1. The van der Waals surface area contributed by atoms with Gasteiger partial charge in [0.05, 0.1) is 12.3 Å². The molecule has 3 rings (SSSR count). The van der Waals surface area contributed by atoms with Crippen LogP contribution in [0.1, 0.15) is 17.0 Å². The third kappa shape index (κ3) is 3.42. The summed E-state index contributed by atoms with van der Waals surface area (Å²) < 4.78 is 13.5. The lowest BCUT2D eigenvalue weighted by Gasteiger charge is -2.16. The summed E-state index contributed by atoms with van der Waals surface area (Å²) in [6, 6.07) is 9.49. The molecule has 0 saturated carbocycles. The summed E-state index contributed by atoms with van der Waals surface area (Å²) >= 11 is 0. The van der Waals surface area contributed by atoms with Crippen LogP contribution in [0.3, 0.4) is 0 Å². The highest BCUT2D eigenvalue weighted by atomic mass is 19.1. The molecule has 0 bridgehead atoms. The van der Waals surface area contributed by atoms with Crippen molar-refractivity contribution < 1.29 is 19.1 Å². The number of hydrogen-bond donors (Lipinski definition) is 1. The van der Waals surface area contributed by atoms with Crippen LogP contribution in [0.2, 0.25) is 0 Å². The average molecular weight is 328 g/mol. The number of hydrogen-bond acceptors (Lipinski definition) is 3. The monoisotopic (exact) mass is 328 g/mol. The summed E-state index contributed by atoms with van der Waals surface area (Å²) in [5.74, 6) is -2.66. The minimum absolute atomic E-state index is 0.135. The second-order valence-corrected chi connectivity index (χ2v) is 5.94. The first-order chi connectivity index (χ1) is 11.5. The molecule has 2 heterocycles. The predicted molar refractivity (Wildman–Crippen MR) is 84.8 cm³/mol. The van der Waals surface area contributed by atoms with E-state index in [1.165, 1.54) is 12.1 Å². The lowest BCUT2D eigenvalue weighted by Crippen LogP contribution is -2.31. The highest BCUT2D eigenvalue weighted by molar-refractivity contribution is 5.81. The van der Waals surface area contributed by atoms with Gasteiger partial charge in [0.25, 0.3) is 0 Å². The molecule has 1 fully saturated rings. The highest BCUT2D eigenvalue weighted by Crippen LogP contribution is 2.33. The van der Waals surface area contributed by atoms with E-state index in [1.54, 1.807) is 41.6 Å². The van der Waals surface area contributed by atoms with E-state index in [2.05, 4.69) is 4.98 Å². The quantitative estimate of drug-likeness (QED) is 0.933. The van der Waals surface area contributed by atoms with Crippen molar-refractivity contribution in [3.63, 3.8) is 0 Å². The van der Waals surface area contributed by atoms with Crippen molar-refractivity contribution >= 4 is 11.9 Å². The fraction of sp³-hybridized carbons (Fsp3) is 0.278. The van der Waals surface area contributed by atoms with Gasteiger partial charge >= 0.3 is 5.97 Å². The number of carbonyl (C=O) groups excluding carboxylic acids is 1. The smallest absolute Gasteiger partial charge is 0.308 e. The number of nitrogens with zero attached hydrogens (tertiary/aromatic N) is 2. The van der Waals surface area contributed by atoms with E-state index in [0.29, 0.717) is 5.56 Å². The van der Waals surface area contributed by atoms with Crippen molar-refractivity contribution in [1.82, 2.24) is 9.88 Å². The summed E-state index contributed by atoms with van der Waals surface area (Å²) in [5.41, 5.74) is 1.39. The lowest BCUT2D eigenvalue weighted by atomic mass is 9.89. The Labute approximate surface area is 138 Å². The van der Waals surface area contributed by atoms with E-state index in [-0.39, 0.29) is 25.4 Å². The molecule has 1 aliphatic heterocycles. The van der Waals surface area contributed by atoms with Gasteiger partial charge in [-0.2, -0.15) is 0 Å². The molecule has 1 aromatic heterocycles. The molecular weight excluding hydrogens is 311 g/mol. The first-order valence-electron chi connectivity index (χ1n) is 7.69. The van der Waals surface area contributed by atoms with Gasteiger partial charge in [-0.15, -0.1) is 0 Å². The lowest BCUT2D eigenvalue weighted by molar-refractivity contribution is -0.141. The zero-order valence-corrected chi connectivity index (χ0v) is 12.9. The molecule has 24 heavy (non-hydrogen) atoms. The summed E-state index contributed by atoms with van der Waals surface area (Å²) in [6.07, 6.45) is 3.42. The molecular formula is C18H17FN2O3.